The molecule has 7 nitrogen and oxygen atoms in total. The molecule has 22 heavy (non-hydrogen) atoms. The van der Waals surface area contributed by atoms with Crippen molar-refractivity contribution in [1.29, 1.82) is 0 Å². The molecule has 0 bridgehead atoms. The van der Waals surface area contributed by atoms with E-state index >= 15 is 0 Å². The fourth-order valence-corrected chi connectivity index (χ4v) is 5.29. The number of carbonyl (C=O) groups is 3. The van der Waals surface area contributed by atoms with Crippen molar-refractivity contribution < 1.29 is 19.5 Å². The van der Waals surface area contributed by atoms with E-state index in [1.165, 1.54) is 16.7 Å². The highest BCUT2D eigenvalue weighted by Crippen LogP contribution is 2.50. The molecule has 0 radical (unpaired) electrons. The second-order valence-corrected chi connectivity index (χ2v) is 8.68. The molecule has 1 aliphatic carbocycles. The fraction of sp³-hybridized carbons (Fsp3) is 0.786. The Hall–Kier alpha value is -1.28. The Kier molecular flexibility index (Phi) is 3.45. The van der Waals surface area contributed by atoms with Crippen LogP contribution in [-0.2, 0) is 14.4 Å². The molecule has 2 aliphatic heterocycles. The number of carboxylic acids is 1. The first-order chi connectivity index (χ1) is 10.2. The highest BCUT2D eigenvalue weighted by Gasteiger charge is 2.64. The van der Waals surface area contributed by atoms with Crippen LogP contribution in [0, 0.1) is 0 Å². The fourth-order valence-electron chi connectivity index (χ4n) is 3.66. The highest BCUT2D eigenvalue weighted by atomic mass is 32.2. The Balaban J connectivity index is 1.73. The highest BCUT2D eigenvalue weighted by molar-refractivity contribution is 8.01. The van der Waals surface area contributed by atoms with Crippen molar-refractivity contribution in [1.82, 2.24) is 10.2 Å². The van der Waals surface area contributed by atoms with E-state index in [0.717, 1.165) is 12.8 Å². The van der Waals surface area contributed by atoms with Gasteiger partial charge in [0.1, 0.15) is 17.5 Å². The van der Waals surface area contributed by atoms with E-state index in [1.807, 2.05) is 13.8 Å². The number of hydrogen-bond acceptors (Lipinski definition) is 5. The van der Waals surface area contributed by atoms with E-state index in [9.17, 15) is 19.5 Å². The SMILES string of the molecule is CC1(C)S[C@H]2[C@H](NC(=O)C3(N)CCCC3)C(=O)N2[C@@H]1C(=O)O. The van der Waals surface area contributed by atoms with Crippen LogP contribution in [0.4, 0.5) is 0 Å². The summed E-state index contributed by atoms with van der Waals surface area (Å²) in [5, 5.41) is 11.8. The number of nitrogens with two attached hydrogens (primary N) is 1. The van der Waals surface area contributed by atoms with Crippen LogP contribution in [0.1, 0.15) is 39.5 Å². The number of amides is 2. The minimum absolute atomic E-state index is 0.291. The number of rotatable bonds is 3. The monoisotopic (exact) mass is 327 g/mol. The Bertz CT molecular complexity index is 544. The smallest absolute Gasteiger partial charge is 0.327 e. The van der Waals surface area contributed by atoms with Gasteiger partial charge in [-0.15, -0.1) is 11.8 Å². The molecule has 4 N–H and O–H groups in total. The lowest BCUT2D eigenvalue weighted by atomic mass is 9.94. The molecule has 2 saturated heterocycles. The zero-order valence-corrected chi connectivity index (χ0v) is 13.5. The molecule has 1 saturated carbocycles. The van der Waals surface area contributed by atoms with E-state index in [1.54, 1.807) is 0 Å². The number of thioether (sulfide) groups is 1. The number of nitrogens with zero attached hydrogens (tertiary/aromatic N) is 1. The first-order valence-corrected chi connectivity index (χ1v) is 8.38. The van der Waals surface area contributed by atoms with Gasteiger partial charge in [0.2, 0.25) is 11.8 Å². The van der Waals surface area contributed by atoms with Crippen LogP contribution in [0.15, 0.2) is 0 Å². The van der Waals surface area contributed by atoms with Gasteiger partial charge in [-0.3, -0.25) is 9.59 Å². The summed E-state index contributed by atoms with van der Waals surface area (Å²) in [6, 6.07) is -1.52. The van der Waals surface area contributed by atoms with Crippen LogP contribution < -0.4 is 11.1 Å². The van der Waals surface area contributed by atoms with Gasteiger partial charge in [0.15, 0.2) is 0 Å². The zero-order valence-electron chi connectivity index (χ0n) is 12.7. The van der Waals surface area contributed by atoms with Crippen LogP contribution in [0.2, 0.25) is 0 Å². The van der Waals surface area contributed by atoms with Gasteiger partial charge < -0.3 is 21.1 Å². The lowest BCUT2D eigenvalue weighted by Crippen LogP contribution is -2.72. The summed E-state index contributed by atoms with van der Waals surface area (Å²) in [5.74, 6) is -1.63. The average molecular weight is 327 g/mol. The summed E-state index contributed by atoms with van der Waals surface area (Å²) in [4.78, 5) is 37.4. The second kappa shape index (κ2) is 4.86. The summed E-state index contributed by atoms with van der Waals surface area (Å²) >= 11 is 1.42. The lowest BCUT2D eigenvalue weighted by Gasteiger charge is -2.44. The predicted molar refractivity (Wildman–Crippen MR) is 81.0 cm³/mol. The summed E-state index contributed by atoms with van der Waals surface area (Å²) in [6.07, 6.45) is 3.09. The Morgan fingerprint density at radius 1 is 1.36 bits per heavy atom. The largest absolute Gasteiger partial charge is 0.480 e. The van der Waals surface area contributed by atoms with Crippen LogP contribution in [0.3, 0.4) is 0 Å². The predicted octanol–water partition coefficient (Wildman–Crippen LogP) is -0.110. The van der Waals surface area contributed by atoms with Crippen molar-refractivity contribution in [3.8, 4) is 0 Å². The molecule has 2 heterocycles. The number of nitrogens with one attached hydrogen (secondary N) is 1. The molecule has 3 aliphatic rings. The van der Waals surface area contributed by atoms with E-state index in [4.69, 9.17) is 5.73 Å². The van der Waals surface area contributed by atoms with Gasteiger partial charge in [0.25, 0.3) is 0 Å². The Morgan fingerprint density at radius 2 is 1.95 bits per heavy atom. The van der Waals surface area contributed by atoms with Crippen LogP contribution in [0.25, 0.3) is 0 Å². The summed E-state index contributed by atoms with van der Waals surface area (Å²) < 4.78 is -0.584. The molecule has 3 fully saturated rings. The molecule has 122 valence electrons. The van der Waals surface area contributed by atoms with Gasteiger partial charge >= 0.3 is 5.97 Å². The average Bonchev–Trinajstić information content (AvgIpc) is 2.96. The maximum atomic E-state index is 12.3. The van der Waals surface area contributed by atoms with E-state index in [2.05, 4.69) is 5.32 Å². The third-order valence-corrected chi connectivity index (χ3v) is 6.48. The van der Waals surface area contributed by atoms with E-state index < -0.39 is 28.3 Å². The van der Waals surface area contributed by atoms with Crippen LogP contribution >= 0.6 is 11.8 Å². The zero-order chi connectivity index (χ0) is 16.3. The van der Waals surface area contributed by atoms with Crippen molar-refractivity contribution in [2.45, 2.75) is 67.3 Å². The van der Waals surface area contributed by atoms with Crippen LogP contribution in [0.5, 0.6) is 0 Å². The molecule has 0 aromatic rings. The van der Waals surface area contributed by atoms with Crippen molar-refractivity contribution in [3.05, 3.63) is 0 Å². The molecule has 0 unspecified atom stereocenters. The van der Waals surface area contributed by atoms with Crippen molar-refractivity contribution >= 4 is 29.5 Å². The molecule has 0 aromatic heterocycles. The molecular weight excluding hydrogens is 306 g/mol. The van der Waals surface area contributed by atoms with E-state index in [0.29, 0.717) is 12.8 Å². The maximum absolute atomic E-state index is 12.3. The number of hydrogen-bond donors (Lipinski definition) is 3. The molecular formula is C14H21N3O4S. The van der Waals surface area contributed by atoms with Crippen molar-refractivity contribution in [3.63, 3.8) is 0 Å². The number of carboxylic acid groups (broad SMARTS) is 1. The number of carbonyl (C=O) groups excluding carboxylic acids is 2. The van der Waals surface area contributed by atoms with Gasteiger partial charge in [-0.25, -0.2) is 4.79 Å². The Labute approximate surface area is 133 Å². The van der Waals surface area contributed by atoms with Gasteiger partial charge in [0.05, 0.1) is 5.54 Å². The second-order valence-electron chi connectivity index (χ2n) is 6.91. The number of β-lactam (4-membered cyclic amide) rings is 1. The lowest BCUT2D eigenvalue weighted by molar-refractivity contribution is -0.161. The first-order valence-electron chi connectivity index (χ1n) is 7.50. The molecule has 0 spiro atoms. The number of aliphatic carboxylic acids is 1. The molecule has 3 rings (SSSR count). The van der Waals surface area contributed by atoms with Gasteiger partial charge in [-0.05, 0) is 26.7 Å². The molecule has 2 amide bonds. The summed E-state index contributed by atoms with van der Waals surface area (Å²) in [6.45, 7) is 3.62. The minimum atomic E-state index is -1.01. The Morgan fingerprint density at radius 3 is 2.50 bits per heavy atom. The molecule has 3 atom stereocenters. The normalized spacial score (nSPS) is 35.0. The molecule has 0 aromatic carbocycles. The number of fused-ring (bicyclic) bond motifs is 1. The quantitative estimate of drug-likeness (QED) is 0.624. The van der Waals surface area contributed by atoms with Gasteiger partial charge in [-0.2, -0.15) is 0 Å². The van der Waals surface area contributed by atoms with Crippen molar-refractivity contribution in [2.24, 2.45) is 5.73 Å². The first kappa shape index (κ1) is 15.6. The molecule has 8 heteroatoms. The summed E-state index contributed by atoms with van der Waals surface area (Å²) in [5.41, 5.74) is 5.22. The third kappa shape index (κ3) is 2.11. The van der Waals surface area contributed by atoms with Gasteiger partial charge in [0, 0.05) is 4.75 Å². The maximum Gasteiger partial charge on any atom is 0.327 e. The minimum Gasteiger partial charge on any atom is -0.480 e. The summed E-state index contributed by atoms with van der Waals surface area (Å²) in [7, 11) is 0. The van der Waals surface area contributed by atoms with Crippen LogP contribution in [-0.4, -0.2) is 55.5 Å². The topological polar surface area (TPSA) is 113 Å². The third-order valence-electron chi connectivity index (χ3n) is 4.91. The van der Waals surface area contributed by atoms with Crippen molar-refractivity contribution in [2.75, 3.05) is 0 Å². The standard InChI is InChI=1S/C14H21N3O4S/c1-13(2)8(11(19)20)17-9(18)7(10(17)22-13)16-12(21)14(15)5-3-4-6-14/h7-8,10H,3-6,15H2,1-2H3,(H,16,21)(H,19,20)/t7-,8-,10+/m1/s1. The van der Waals surface area contributed by atoms with Gasteiger partial charge in [-0.1, -0.05) is 12.8 Å². The van der Waals surface area contributed by atoms with E-state index in [-0.39, 0.29) is 17.2 Å².